The fourth-order valence-corrected chi connectivity index (χ4v) is 2.43. The van der Waals surface area contributed by atoms with Crippen LogP contribution in [0.2, 0.25) is 0 Å². The maximum absolute atomic E-state index is 12.0. The van der Waals surface area contributed by atoms with Crippen LogP contribution < -0.4 is 10.2 Å². The van der Waals surface area contributed by atoms with Gasteiger partial charge in [-0.25, -0.2) is 9.97 Å². The van der Waals surface area contributed by atoms with Gasteiger partial charge in [-0.15, -0.1) is 0 Å². The number of carbonyl (C=O) groups is 1. The molecule has 2 heterocycles. The fourth-order valence-electron chi connectivity index (χ4n) is 2.43. The van der Waals surface area contributed by atoms with Crippen molar-refractivity contribution < 1.29 is 9.53 Å². The van der Waals surface area contributed by atoms with E-state index in [0.29, 0.717) is 32.1 Å². The molecular weight excluding hydrogens is 292 g/mol. The van der Waals surface area contributed by atoms with E-state index in [4.69, 9.17) is 4.74 Å². The van der Waals surface area contributed by atoms with E-state index in [1.54, 1.807) is 6.20 Å². The van der Waals surface area contributed by atoms with Crippen molar-refractivity contribution in [1.82, 2.24) is 15.3 Å². The maximum Gasteiger partial charge on any atom is 0.225 e. The van der Waals surface area contributed by atoms with Crippen LogP contribution in [0.15, 0.2) is 42.6 Å². The van der Waals surface area contributed by atoms with E-state index in [0.717, 1.165) is 24.3 Å². The van der Waals surface area contributed by atoms with Gasteiger partial charge in [-0.3, -0.25) is 4.79 Å². The van der Waals surface area contributed by atoms with Crippen LogP contribution in [0.4, 0.5) is 5.95 Å². The number of carbonyl (C=O) groups excluding carboxylic acids is 1. The van der Waals surface area contributed by atoms with Crippen LogP contribution in [0.1, 0.15) is 11.3 Å². The molecule has 0 atom stereocenters. The van der Waals surface area contributed by atoms with Crippen molar-refractivity contribution in [2.75, 3.05) is 31.2 Å². The molecule has 0 spiro atoms. The van der Waals surface area contributed by atoms with Gasteiger partial charge in [0.15, 0.2) is 0 Å². The van der Waals surface area contributed by atoms with Crippen LogP contribution in [0, 0.1) is 0 Å². The molecule has 1 N–H and O–H groups in total. The average Bonchev–Trinajstić information content (AvgIpc) is 2.62. The monoisotopic (exact) mass is 312 g/mol. The van der Waals surface area contributed by atoms with E-state index >= 15 is 0 Å². The Bertz CT molecular complexity index is 642. The van der Waals surface area contributed by atoms with E-state index in [9.17, 15) is 4.79 Å². The number of benzene rings is 1. The summed E-state index contributed by atoms with van der Waals surface area (Å²) in [6.07, 6.45) is 2.11. The van der Waals surface area contributed by atoms with E-state index in [-0.39, 0.29) is 5.91 Å². The second-order valence-corrected chi connectivity index (χ2v) is 5.39. The van der Waals surface area contributed by atoms with Crippen molar-refractivity contribution in [3.63, 3.8) is 0 Å². The maximum atomic E-state index is 12.0. The standard InChI is InChI=1S/C17H20N4O2/c22-16(12-14-4-2-1-3-5-14)19-13-15-6-7-18-17(20-15)21-8-10-23-11-9-21/h1-7H,8-13H2,(H,19,22). The molecule has 1 fully saturated rings. The van der Waals surface area contributed by atoms with Crippen LogP contribution in [-0.2, 0) is 22.5 Å². The van der Waals surface area contributed by atoms with Gasteiger partial charge in [0, 0.05) is 19.3 Å². The SMILES string of the molecule is O=C(Cc1ccccc1)NCc1ccnc(N2CCOCC2)n1. The highest BCUT2D eigenvalue weighted by molar-refractivity contribution is 5.78. The van der Waals surface area contributed by atoms with Crippen LogP contribution in [0.3, 0.4) is 0 Å². The topological polar surface area (TPSA) is 67.4 Å². The highest BCUT2D eigenvalue weighted by atomic mass is 16.5. The van der Waals surface area contributed by atoms with E-state index < -0.39 is 0 Å². The molecule has 23 heavy (non-hydrogen) atoms. The van der Waals surface area contributed by atoms with Gasteiger partial charge >= 0.3 is 0 Å². The average molecular weight is 312 g/mol. The summed E-state index contributed by atoms with van der Waals surface area (Å²) in [5, 5.41) is 2.91. The largest absolute Gasteiger partial charge is 0.378 e. The van der Waals surface area contributed by atoms with E-state index in [2.05, 4.69) is 20.2 Å². The zero-order chi connectivity index (χ0) is 15.9. The second kappa shape index (κ2) is 7.69. The van der Waals surface area contributed by atoms with Gasteiger partial charge < -0.3 is 15.0 Å². The van der Waals surface area contributed by atoms with Crippen molar-refractivity contribution in [2.45, 2.75) is 13.0 Å². The lowest BCUT2D eigenvalue weighted by molar-refractivity contribution is -0.120. The number of aromatic nitrogens is 2. The van der Waals surface area contributed by atoms with Gasteiger partial charge in [-0.05, 0) is 11.6 Å². The minimum absolute atomic E-state index is 0.0114. The van der Waals surface area contributed by atoms with Gasteiger partial charge in [0.25, 0.3) is 0 Å². The summed E-state index contributed by atoms with van der Waals surface area (Å²) in [6.45, 7) is 3.39. The summed E-state index contributed by atoms with van der Waals surface area (Å²) >= 11 is 0. The molecule has 0 radical (unpaired) electrons. The molecule has 1 aromatic heterocycles. The fraction of sp³-hybridized carbons (Fsp3) is 0.353. The van der Waals surface area contributed by atoms with Gasteiger partial charge in [0.1, 0.15) is 0 Å². The van der Waals surface area contributed by atoms with Gasteiger partial charge in [-0.2, -0.15) is 0 Å². The Kier molecular flexibility index (Phi) is 5.16. The Morgan fingerprint density at radius 3 is 2.74 bits per heavy atom. The summed E-state index contributed by atoms with van der Waals surface area (Å²) in [4.78, 5) is 22.9. The lowest BCUT2D eigenvalue weighted by Crippen LogP contribution is -2.37. The molecule has 1 amide bonds. The van der Waals surface area contributed by atoms with Crippen molar-refractivity contribution >= 4 is 11.9 Å². The molecule has 0 unspecified atom stereocenters. The lowest BCUT2D eigenvalue weighted by atomic mass is 10.1. The predicted octanol–water partition coefficient (Wildman–Crippen LogP) is 1.17. The number of nitrogens with zero attached hydrogens (tertiary/aromatic N) is 3. The molecule has 3 rings (SSSR count). The number of nitrogens with one attached hydrogen (secondary N) is 1. The molecule has 6 nitrogen and oxygen atoms in total. The minimum Gasteiger partial charge on any atom is -0.378 e. The number of amides is 1. The predicted molar refractivity (Wildman–Crippen MR) is 87.1 cm³/mol. The first-order chi connectivity index (χ1) is 11.3. The molecule has 6 heteroatoms. The van der Waals surface area contributed by atoms with Crippen LogP contribution in [-0.4, -0.2) is 42.2 Å². The van der Waals surface area contributed by atoms with Crippen LogP contribution in [0.5, 0.6) is 0 Å². The smallest absolute Gasteiger partial charge is 0.225 e. The minimum atomic E-state index is -0.0114. The van der Waals surface area contributed by atoms with Crippen molar-refractivity contribution in [3.8, 4) is 0 Å². The highest BCUT2D eigenvalue weighted by Gasteiger charge is 2.14. The molecule has 2 aromatic rings. The second-order valence-electron chi connectivity index (χ2n) is 5.39. The molecular formula is C17H20N4O2. The van der Waals surface area contributed by atoms with Crippen LogP contribution >= 0.6 is 0 Å². The number of hydrogen-bond acceptors (Lipinski definition) is 5. The van der Waals surface area contributed by atoms with E-state index in [1.807, 2.05) is 36.4 Å². The number of ether oxygens (including phenoxy) is 1. The van der Waals surface area contributed by atoms with E-state index in [1.165, 1.54) is 0 Å². The zero-order valence-electron chi connectivity index (χ0n) is 12.9. The molecule has 0 saturated carbocycles. The van der Waals surface area contributed by atoms with Crippen molar-refractivity contribution in [3.05, 3.63) is 53.9 Å². The summed E-state index contributed by atoms with van der Waals surface area (Å²) < 4.78 is 5.33. The van der Waals surface area contributed by atoms with Gasteiger partial charge in [0.2, 0.25) is 11.9 Å². The summed E-state index contributed by atoms with van der Waals surface area (Å²) in [6, 6.07) is 11.5. The molecule has 120 valence electrons. The Morgan fingerprint density at radius 2 is 1.96 bits per heavy atom. The number of morpholine rings is 1. The van der Waals surface area contributed by atoms with Crippen molar-refractivity contribution in [1.29, 1.82) is 0 Å². The van der Waals surface area contributed by atoms with Crippen molar-refractivity contribution in [2.24, 2.45) is 0 Å². The molecule has 1 aromatic carbocycles. The Labute approximate surface area is 135 Å². The number of hydrogen-bond donors (Lipinski definition) is 1. The molecule has 1 aliphatic rings. The summed E-state index contributed by atoms with van der Waals surface area (Å²) in [5.41, 5.74) is 1.81. The molecule has 1 aliphatic heterocycles. The quantitative estimate of drug-likeness (QED) is 0.898. The Morgan fingerprint density at radius 1 is 1.17 bits per heavy atom. The first-order valence-corrected chi connectivity index (χ1v) is 7.76. The molecule has 0 aliphatic carbocycles. The third kappa shape index (κ3) is 4.50. The zero-order valence-corrected chi connectivity index (χ0v) is 12.9. The third-order valence-corrected chi connectivity index (χ3v) is 3.67. The number of rotatable bonds is 5. The normalized spacial score (nSPS) is 14.5. The molecule has 1 saturated heterocycles. The van der Waals surface area contributed by atoms with Gasteiger partial charge in [0.05, 0.1) is 31.9 Å². The third-order valence-electron chi connectivity index (χ3n) is 3.67. The first kappa shape index (κ1) is 15.4. The molecule has 0 bridgehead atoms. The lowest BCUT2D eigenvalue weighted by Gasteiger charge is -2.26. The first-order valence-electron chi connectivity index (χ1n) is 7.76. The number of anilines is 1. The summed E-state index contributed by atoms with van der Waals surface area (Å²) in [5.74, 6) is 0.686. The Hall–Kier alpha value is -2.47. The highest BCUT2D eigenvalue weighted by Crippen LogP contribution is 2.09. The van der Waals surface area contributed by atoms with Gasteiger partial charge in [-0.1, -0.05) is 30.3 Å². The van der Waals surface area contributed by atoms with Crippen LogP contribution in [0.25, 0.3) is 0 Å². The summed E-state index contributed by atoms with van der Waals surface area (Å²) in [7, 11) is 0. The Balaban J connectivity index is 1.54.